The van der Waals surface area contributed by atoms with Crippen molar-refractivity contribution >= 4 is 52.2 Å². The van der Waals surface area contributed by atoms with Crippen molar-refractivity contribution in [2.24, 2.45) is 0 Å². The zero-order chi connectivity index (χ0) is 14.8. The summed E-state index contributed by atoms with van der Waals surface area (Å²) >= 11 is 13.3. The minimum Gasteiger partial charge on any atom is -0.298 e. The number of para-hydroxylation sites is 1. The topological polar surface area (TPSA) is 30.0 Å². The van der Waals surface area contributed by atoms with Crippen LogP contribution in [0.25, 0.3) is 10.9 Å². The van der Waals surface area contributed by atoms with Gasteiger partial charge in [-0.15, -0.1) is 0 Å². The van der Waals surface area contributed by atoms with Gasteiger partial charge in [-0.25, -0.2) is 4.98 Å². The van der Waals surface area contributed by atoms with Gasteiger partial charge in [0.15, 0.2) is 6.29 Å². The summed E-state index contributed by atoms with van der Waals surface area (Å²) in [4.78, 5) is 16.7. The van der Waals surface area contributed by atoms with E-state index in [0.29, 0.717) is 20.6 Å². The predicted octanol–water partition coefficient (Wildman–Crippen LogP) is 5.51. The first-order valence-electron chi connectivity index (χ1n) is 6.15. The van der Waals surface area contributed by atoms with Gasteiger partial charge in [-0.3, -0.25) is 4.79 Å². The fourth-order valence-corrected chi connectivity index (χ4v) is 3.20. The number of carbonyl (C=O) groups excluding carboxylic acids is 1. The summed E-state index contributed by atoms with van der Waals surface area (Å²) in [5, 5.41) is 2.58. The Morgan fingerprint density at radius 1 is 1.00 bits per heavy atom. The molecule has 1 heterocycles. The molecule has 0 aliphatic rings. The Morgan fingerprint density at radius 2 is 1.81 bits per heavy atom. The average Bonchev–Trinajstić information content (AvgIpc) is 2.50. The molecule has 0 saturated heterocycles. The van der Waals surface area contributed by atoms with E-state index in [4.69, 9.17) is 23.2 Å². The van der Waals surface area contributed by atoms with Crippen molar-refractivity contribution in [2.75, 3.05) is 0 Å². The van der Waals surface area contributed by atoms with E-state index in [1.165, 1.54) is 11.8 Å². The normalized spacial score (nSPS) is 10.8. The molecule has 5 heteroatoms. The minimum atomic E-state index is 0.482. The Kier molecular flexibility index (Phi) is 4.15. The molecule has 0 bridgehead atoms. The van der Waals surface area contributed by atoms with Gasteiger partial charge in [0.25, 0.3) is 0 Å². The second kappa shape index (κ2) is 6.06. The third-order valence-electron chi connectivity index (χ3n) is 2.95. The van der Waals surface area contributed by atoms with Gasteiger partial charge in [0.1, 0.15) is 5.03 Å². The predicted molar refractivity (Wildman–Crippen MR) is 87.7 cm³/mol. The van der Waals surface area contributed by atoms with Crippen molar-refractivity contribution in [3.05, 3.63) is 64.1 Å². The smallest absolute Gasteiger partial charge is 0.152 e. The van der Waals surface area contributed by atoms with Gasteiger partial charge in [-0.05, 0) is 30.3 Å². The van der Waals surface area contributed by atoms with Crippen LogP contribution < -0.4 is 0 Å². The Hall–Kier alpha value is -1.55. The van der Waals surface area contributed by atoms with Gasteiger partial charge in [-0.2, -0.15) is 0 Å². The van der Waals surface area contributed by atoms with E-state index in [-0.39, 0.29) is 0 Å². The number of hydrogen-bond donors (Lipinski definition) is 0. The molecule has 1 aromatic heterocycles. The molecule has 2 aromatic carbocycles. The molecular weight excluding hydrogens is 325 g/mol. The molecule has 0 aliphatic heterocycles. The molecule has 0 N–H and O–H groups in total. The largest absolute Gasteiger partial charge is 0.298 e. The van der Waals surface area contributed by atoms with E-state index >= 15 is 0 Å². The van der Waals surface area contributed by atoms with Crippen LogP contribution >= 0.6 is 35.0 Å². The van der Waals surface area contributed by atoms with E-state index < -0.39 is 0 Å². The van der Waals surface area contributed by atoms with Gasteiger partial charge in [-0.1, -0.05) is 53.2 Å². The molecule has 3 rings (SSSR count). The second-order valence-corrected chi connectivity index (χ2v) is 6.25. The number of benzene rings is 2. The molecule has 0 spiro atoms. The molecule has 0 amide bonds. The summed E-state index contributed by atoms with van der Waals surface area (Å²) in [5.74, 6) is 0. The number of fused-ring (bicyclic) bond motifs is 1. The molecule has 0 atom stereocenters. The van der Waals surface area contributed by atoms with Crippen LogP contribution in [0.5, 0.6) is 0 Å². The van der Waals surface area contributed by atoms with Crippen molar-refractivity contribution in [2.45, 2.75) is 9.92 Å². The van der Waals surface area contributed by atoms with Crippen LogP contribution in [0.2, 0.25) is 10.0 Å². The molecule has 0 saturated carbocycles. The fraction of sp³-hybridized carbons (Fsp3) is 0. The number of nitrogens with zero attached hydrogens (tertiary/aromatic N) is 1. The monoisotopic (exact) mass is 333 g/mol. The minimum absolute atomic E-state index is 0.482. The number of rotatable bonds is 3. The van der Waals surface area contributed by atoms with Crippen molar-refractivity contribution in [1.82, 2.24) is 4.98 Å². The highest BCUT2D eigenvalue weighted by molar-refractivity contribution is 7.99. The SMILES string of the molecule is O=Cc1cc2ccccc2nc1Sc1ccc(Cl)c(Cl)c1. The van der Waals surface area contributed by atoms with Gasteiger partial charge < -0.3 is 0 Å². The highest BCUT2D eigenvalue weighted by atomic mass is 35.5. The third-order valence-corrected chi connectivity index (χ3v) is 4.70. The van der Waals surface area contributed by atoms with Gasteiger partial charge >= 0.3 is 0 Å². The summed E-state index contributed by atoms with van der Waals surface area (Å²) in [7, 11) is 0. The van der Waals surface area contributed by atoms with Crippen molar-refractivity contribution in [3.63, 3.8) is 0 Å². The van der Waals surface area contributed by atoms with E-state index in [1.807, 2.05) is 36.4 Å². The van der Waals surface area contributed by atoms with Crippen LogP contribution in [0, 0.1) is 0 Å². The number of aromatic nitrogens is 1. The Bertz CT molecular complexity index is 836. The highest BCUT2D eigenvalue weighted by Crippen LogP contribution is 2.33. The number of hydrogen-bond acceptors (Lipinski definition) is 3. The zero-order valence-electron chi connectivity index (χ0n) is 10.7. The summed E-state index contributed by atoms with van der Waals surface area (Å²) in [6.45, 7) is 0. The molecule has 21 heavy (non-hydrogen) atoms. The highest BCUT2D eigenvalue weighted by Gasteiger charge is 2.09. The molecule has 104 valence electrons. The lowest BCUT2D eigenvalue weighted by atomic mass is 10.2. The first kappa shape index (κ1) is 14.4. The zero-order valence-corrected chi connectivity index (χ0v) is 13.0. The number of halogens is 2. The second-order valence-electron chi connectivity index (χ2n) is 4.37. The Labute approximate surface area is 136 Å². The van der Waals surface area contributed by atoms with Crippen LogP contribution in [0.4, 0.5) is 0 Å². The summed E-state index contributed by atoms with van der Waals surface area (Å²) in [6.07, 6.45) is 0.819. The molecule has 3 aromatic rings. The fourth-order valence-electron chi connectivity index (χ4n) is 1.93. The number of pyridine rings is 1. The van der Waals surface area contributed by atoms with E-state index in [1.54, 1.807) is 12.1 Å². The van der Waals surface area contributed by atoms with E-state index in [2.05, 4.69) is 4.98 Å². The summed E-state index contributed by atoms with van der Waals surface area (Å²) in [5.41, 5.74) is 1.41. The van der Waals surface area contributed by atoms with Crippen LogP contribution in [0.15, 0.2) is 58.5 Å². The molecule has 0 unspecified atom stereocenters. The summed E-state index contributed by atoms with van der Waals surface area (Å²) in [6, 6.07) is 14.9. The lowest BCUT2D eigenvalue weighted by Gasteiger charge is -2.07. The molecular formula is C16H9Cl2NOS. The van der Waals surface area contributed by atoms with Gasteiger partial charge in [0, 0.05) is 15.8 Å². The van der Waals surface area contributed by atoms with E-state index in [9.17, 15) is 4.79 Å². The average molecular weight is 334 g/mol. The first-order valence-corrected chi connectivity index (χ1v) is 7.72. The number of aldehydes is 1. The van der Waals surface area contributed by atoms with Crippen LogP contribution in [-0.4, -0.2) is 11.3 Å². The standard InChI is InChI=1S/C16H9Cl2NOS/c17-13-6-5-12(8-14(13)18)21-16-11(9-20)7-10-3-1-2-4-15(10)19-16/h1-9H. The maximum absolute atomic E-state index is 11.3. The van der Waals surface area contributed by atoms with Crippen LogP contribution in [0.1, 0.15) is 10.4 Å². The van der Waals surface area contributed by atoms with Crippen molar-refractivity contribution < 1.29 is 4.79 Å². The Morgan fingerprint density at radius 3 is 2.57 bits per heavy atom. The first-order chi connectivity index (χ1) is 10.2. The van der Waals surface area contributed by atoms with Gasteiger partial charge in [0.05, 0.1) is 15.6 Å². The summed E-state index contributed by atoms with van der Waals surface area (Å²) < 4.78 is 0. The molecule has 0 aliphatic carbocycles. The Balaban J connectivity index is 2.06. The molecule has 0 radical (unpaired) electrons. The lowest BCUT2D eigenvalue weighted by Crippen LogP contribution is -1.91. The molecule has 0 fully saturated rings. The molecule has 2 nitrogen and oxygen atoms in total. The lowest BCUT2D eigenvalue weighted by molar-refractivity contribution is 0.112. The van der Waals surface area contributed by atoms with Crippen molar-refractivity contribution in [1.29, 1.82) is 0 Å². The van der Waals surface area contributed by atoms with Crippen LogP contribution in [-0.2, 0) is 0 Å². The van der Waals surface area contributed by atoms with Gasteiger partial charge in [0.2, 0.25) is 0 Å². The maximum atomic E-state index is 11.3. The maximum Gasteiger partial charge on any atom is 0.152 e. The number of carbonyl (C=O) groups is 1. The van der Waals surface area contributed by atoms with Crippen LogP contribution in [0.3, 0.4) is 0 Å². The third kappa shape index (κ3) is 3.05. The quantitative estimate of drug-likeness (QED) is 0.592. The van der Waals surface area contributed by atoms with E-state index in [0.717, 1.165) is 22.1 Å². The van der Waals surface area contributed by atoms with Crippen molar-refractivity contribution in [3.8, 4) is 0 Å².